The maximum Gasteiger partial charge on any atom is 0.407 e. The third-order valence-corrected chi connectivity index (χ3v) is 10.7. The Labute approximate surface area is 311 Å². The molecule has 0 spiro atoms. The molecule has 6 rings (SSSR count). The number of nitrogens with one attached hydrogen (secondary N) is 2. The van der Waals surface area contributed by atoms with Crippen LogP contribution in [0.2, 0.25) is 25.7 Å². The highest BCUT2D eigenvalue weighted by atomic mass is 28.3. The molecule has 6 heterocycles. The second-order valence-electron chi connectivity index (χ2n) is 15.9. The zero-order chi connectivity index (χ0) is 37.6. The highest BCUT2D eigenvalue weighted by Gasteiger charge is 2.25. The van der Waals surface area contributed by atoms with Crippen LogP contribution in [0.3, 0.4) is 0 Å². The molecule has 53 heavy (non-hydrogen) atoms. The van der Waals surface area contributed by atoms with E-state index in [-0.39, 0.29) is 17.6 Å². The van der Waals surface area contributed by atoms with Crippen molar-refractivity contribution < 1.29 is 23.8 Å². The Hall–Kier alpha value is -4.51. The van der Waals surface area contributed by atoms with Gasteiger partial charge in [-0.2, -0.15) is 0 Å². The summed E-state index contributed by atoms with van der Waals surface area (Å²) in [6.45, 7) is 18.5. The van der Waals surface area contributed by atoms with Crippen LogP contribution in [0.25, 0.3) is 22.4 Å². The van der Waals surface area contributed by atoms with E-state index in [4.69, 9.17) is 19.2 Å². The summed E-state index contributed by atoms with van der Waals surface area (Å²) in [7, 11) is -1.27. The van der Waals surface area contributed by atoms with Gasteiger partial charge < -0.3 is 29.7 Å². The van der Waals surface area contributed by atoms with Crippen molar-refractivity contribution in [1.82, 2.24) is 39.7 Å². The van der Waals surface area contributed by atoms with Gasteiger partial charge in [0.25, 0.3) is 5.91 Å². The number of anilines is 2. The molecule has 2 amide bonds. The van der Waals surface area contributed by atoms with Crippen molar-refractivity contribution in [1.29, 1.82) is 0 Å². The topological polar surface area (TPSA) is 162 Å². The summed E-state index contributed by atoms with van der Waals surface area (Å²) in [5.41, 5.74) is 2.84. The average molecular weight is 745 g/mol. The Balaban J connectivity index is 1.13. The van der Waals surface area contributed by atoms with Crippen molar-refractivity contribution in [3.63, 3.8) is 0 Å². The van der Waals surface area contributed by atoms with Gasteiger partial charge in [-0.25, -0.2) is 24.7 Å². The van der Waals surface area contributed by atoms with Crippen molar-refractivity contribution in [2.75, 3.05) is 56.2 Å². The van der Waals surface area contributed by atoms with E-state index in [1.165, 1.54) is 0 Å². The van der Waals surface area contributed by atoms with E-state index < -0.39 is 19.8 Å². The van der Waals surface area contributed by atoms with Crippen LogP contribution in [0.15, 0.2) is 43.1 Å². The molecule has 1 atom stereocenters. The summed E-state index contributed by atoms with van der Waals surface area (Å²) in [6.07, 6.45) is 7.85. The molecule has 0 unspecified atom stereocenters. The van der Waals surface area contributed by atoms with Crippen molar-refractivity contribution >= 4 is 42.7 Å². The molecule has 2 aliphatic heterocycles. The monoisotopic (exact) mass is 744 g/mol. The first kappa shape index (κ1) is 38.2. The molecule has 2 aliphatic rings. The fraction of sp³-hybridized carbons (Fsp3) is 0.541. The van der Waals surface area contributed by atoms with E-state index in [0.29, 0.717) is 51.2 Å². The number of fused-ring (bicyclic) bond motifs is 1. The first-order valence-corrected chi connectivity index (χ1v) is 22.1. The number of rotatable bonds is 12. The number of nitrogens with zero attached hydrogens (tertiary/aromatic N) is 8. The molecule has 0 aromatic carbocycles. The number of pyridine rings is 1. The predicted molar refractivity (Wildman–Crippen MR) is 206 cm³/mol. The van der Waals surface area contributed by atoms with Gasteiger partial charge in [-0.3, -0.25) is 19.2 Å². The van der Waals surface area contributed by atoms with Crippen LogP contribution in [0.5, 0.6) is 0 Å². The third kappa shape index (κ3) is 10.6. The fourth-order valence-electron chi connectivity index (χ4n) is 6.41. The summed E-state index contributed by atoms with van der Waals surface area (Å²) in [4.78, 5) is 53.0. The lowest BCUT2D eigenvalue weighted by atomic mass is 10.0. The van der Waals surface area contributed by atoms with Gasteiger partial charge in [0, 0.05) is 53.1 Å². The largest absolute Gasteiger partial charge is 0.444 e. The standard InChI is InChI=1S/C37H52N10O5Si/c1-37(2,3)52-36(49)43-27-8-7-11-45(23-27)22-26-9-10-38-29(18-26)35(48)44-32-21-39-30(20-40-32)31-19-28-33(46-12-14-50-15-13-46)41-24-42-34(28)47(31)25-51-16-17-53(4,5)6/h9-10,18-21,24,27H,7-8,11-17,22-23,25H2,1-6H3,(H,43,49)(H,40,44,48)/t27-/m1/s1. The van der Waals surface area contributed by atoms with Gasteiger partial charge >= 0.3 is 6.09 Å². The zero-order valence-corrected chi connectivity index (χ0v) is 32.7. The Bertz CT molecular complexity index is 1870. The van der Waals surface area contributed by atoms with Crippen LogP contribution in [-0.2, 0) is 27.5 Å². The molecule has 2 N–H and O–H groups in total. The molecule has 16 heteroatoms. The van der Waals surface area contributed by atoms with Gasteiger partial charge in [0.05, 0.1) is 36.7 Å². The molecular weight excluding hydrogens is 693 g/mol. The van der Waals surface area contributed by atoms with Crippen LogP contribution in [-0.4, -0.2) is 112 Å². The van der Waals surface area contributed by atoms with E-state index in [2.05, 4.69) is 60.0 Å². The number of alkyl carbamates (subject to hydrolysis) is 1. The second kappa shape index (κ2) is 16.7. The van der Waals surface area contributed by atoms with Gasteiger partial charge in [0.2, 0.25) is 0 Å². The lowest BCUT2D eigenvalue weighted by molar-refractivity contribution is 0.0470. The molecule has 4 aromatic heterocycles. The number of aromatic nitrogens is 6. The fourth-order valence-corrected chi connectivity index (χ4v) is 7.16. The second-order valence-corrected chi connectivity index (χ2v) is 21.5. The van der Waals surface area contributed by atoms with Gasteiger partial charge in [-0.05, 0) is 70.0 Å². The van der Waals surface area contributed by atoms with Crippen LogP contribution in [0.4, 0.5) is 16.4 Å². The van der Waals surface area contributed by atoms with Crippen molar-refractivity contribution in [3.05, 3.63) is 54.4 Å². The molecule has 2 fully saturated rings. The highest BCUT2D eigenvalue weighted by Crippen LogP contribution is 2.32. The predicted octanol–water partition coefficient (Wildman–Crippen LogP) is 5.17. The first-order chi connectivity index (χ1) is 25.3. The smallest absolute Gasteiger partial charge is 0.407 e. The highest BCUT2D eigenvalue weighted by molar-refractivity contribution is 6.76. The van der Waals surface area contributed by atoms with E-state index in [9.17, 15) is 9.59 Å². The minimum Gasteiger partial charge on any atom is -0.444 e. The lowest BCUT2D eigenvalue weighted by Crippen LogP contribution is -2.48. The molecule has 0 radical (unpaired) electrons. The maximum atomic E-state index is 13.3. The Kier molecular flexibility index (Phi) is 12.0. The Morgan fingerprint density at radius 2 is 1.83 bits per heavy atom. The summed E-state index contributed by atoms with van der Waals surface area (Å²) in [5.74, 6) is 0.776. The summed E-state index contributed by atoms with van der Waals surface area (Å²) < 4.78 is 19.2. The number of likely N-dealkylation sites (tertiary alicyclic amines) is 1. The molecule has 0 aliphatic carbocycles. The number of ether oxygens (including phenoxy) is 3. The lowest BCUT2D eigenvalue weighted by Gasteiger charge is -2.33. The normalized spacial score (nSPS) is 17.2. The van der Waals surface area contributed by atoms with E-state index >= 15 is 0 Å². The maximum absolute atomic E-state index is 13.3. The van der Waals surface area contributed by atoms with Crippen molar-refractivity contribution in [3.8, 4) is 11.4 Å². The van der Waals surface area contributed by atoms with Gasteiger partial charge in [-0.15, -0.1) is 0 Å². The first-order valence-electron chi connectivity index (χ1n) is 18.4. The zero-order valence-electron chi connectivity index (χ0n) is 31.7. The van der Waals surface area contributed by atoms with Crippen LogP contribution >= 0.6 is 0 Å². The van der Waals surface area contributed by atoms with Gasteiger partial charge in [0.1, 0.15) is 41.5 Å². The van der Waals surface area contributed by atoms with Crippen LogP contribution in [0, 0.1) is 0 Å². The number of hydrogen-bond acceptors (Lipinski definition) is 12. The third-order valence-electron chi connectivity index (χ3n) is 9.04. The number of hydrogen-bond donors (Lipinski definition) is 2. The molecule has 15 nitrogen and oxygen atoms in total. The van der Waals surface area contributed by atoms with Crippen LogP contribution < -0.4 is 15.5 Å². The molecule has 2 saturated heterocycles. The number of piperidine rings is 1. The van der Waals surface area contributed by atoms with Crippen LogP contribution in [0.1, 0.15) is 49.7 Å². The van der Waals surface area contributed by atoms with E-state index in [0.717, 1.165) is 66.6 Å². The summed E-state index contributed by atoms with van der Waals surface area (Å²) in [5, 5.41) is 6.74. The number of morpholine rings is 1. The number of carbonyl (C=O) groups is 2. The minimum absolute atomic E-state index is 0.00626. The number of carbonyl (C=O) groups excluding carboxylic acids is 2. The SMILES string of the molecule is CC(C)(C)OC(=O)N[C@@H]1CCCN(Cc2ccnc(C(=O)Nc3cnc(-c4cc5c(N6CCOCC6)ncnc5n4COCC[Si](C)(C)C)cn3)c2)C1. The Morgan fingerprint density at radius 3 is 2.57 bits per heavy atom. The van der Waals surface area contributed by atoms with Crippen molar-refractivity contribution in [2.45, 2.75) is 84.2 Å². The molecular formula is C37H52N10O5Si. The van der Waals surface area contributed by atoms with E-state index in [1.807, 2.05) is 37.5 Å². The molecule has 0 bridgehead atoms. The molecule has 4 aromatic rings. The Morgan fingerprint density at radius 1 is 1.02 bits per heavy atom. The quantitative estimate of drug-likeness (QED) is 0.145. The van der Waals surface area contributed by atoms with Gasteiger partial charge in [-0.1, -0.05) is 19.6 Å². The molecule has 284 valence electrons. The average Bonchev–Trinajstić information content (AvgIpc) is 3.48. The molecule has 0 saturated carbocycles. The van der Waals surface area contributed by atoms with E-state index in [1.54, 1.807) is 31.0 Å². The summed E-state index contributed by atoms with van der Waals surface area (Å²) in [6, 6.07) is 6.77. The summed E-state index contributed by atoms with van der Waals surface area (Å²) >= 11 is 0. The number of amides is 2. The van der Waals surface area contributed by atoms with Gasteiger partial charge in [0.15, 0.2) is 5.82 Å². The minimum atomic E-state index is -1.27. The van der Waals surface area contributed by atoms with Crippen molar-refractivity contribution in [2.24, 2.45) is 0 Å².